The molecule has 2 heterocycles. The number of fused-ring (bicyclic) bond motifs is 1. The second-order valence-electron chi connectivity index (χ2n) is 8.88. The van der Waals surface area contributed by atoms with Crippen molar-refractivity contribution >= 4 is 34.8 Å². The molecule has 1 aliphatic rings. The fourth-order valence-electron chi connectivity index (χ4n) is 4.45. The number of amides is 2. The van der Waals surface area contributed by atoms with Gasteiger partial charge in [0.1, 0.15) is 5.75 Å². The zero-order valence-corrected chi connectivity index (χ0v) is 20.9. The third-order valence-electron chi connectivity index (χ3n) is 6.22. The number of para-hydroxylation sites is 1. The monoisotopic (exact) mass is 493 g/mol. The van der Waals surface area contributed by atoms with Crippen LogP contribution in [0.4, 0.5) is 23.0 Å². The SMILES string of the molecule is COc1ccc(C(=O)N2CCc3ccc(NC(=O)c4ccccc4Nc4nc(C)cc(C)n4)cc32)cc1. The van der Waals surface area contributed by atoms with E-state index < -0.39 is 0 Å². The smallest absolute Gasteiger partial charge is 0.258 e. The third-order valence-corrected chi connectivity index (χ3v) is 6.22. The molecule has 37 heavy (non-hydrogen) atoms. The van der Waals surface area contributed by atoms with E-state index in [0.29, 0.717) is 40.7 Å². The minimum absolute atomic E-state index is 0.0899. The highest BCUT2D eigenvalue weighted by atomic mass is 16.5. The first-order chi connectivity index (χ1) is 17.9. The summed E-state index contributed by atoms with van der Waals surface area (Å²) in [4.78, 5) is 37.1. The highest BCUT2D eigenvalue weighted by Gasteiger charge is 2.26. The topological polar surface area (TPSA) is 96.5 Å². The first-order valence-corrected chi connectivity index (χ1v) is 12.0. The number of nitrogens with zero attached hydrogens (tertiary/aromatic N) is 3. The zero-order chi connectivity index (χ0) is 25.9. The number of ether oxygens (including phenoxy) is 1. The second kappa shape index (κ2) is 10.1. The van der Waals surface area contributed by atoms with Crippen LogP contribution in [0.15, 0.2) is 72.8 Å². The number of hydrogen-bond acceptors (Lipinski definition) is 6. The standard InChI is InChI=1S/C29H27N5O3/c1-18-16-19(2)31-29(30-18)33-25-7-5-4-6-24(25)27(35)32-22-11-8-20-14-15-34(26(20)17-22)28(36)21-9-12-23(37-3)13-10-21/h4-13,16-17H,14-15H2,1-3H3,(H,32,35)(H,30,31,33). The molecule has 8 heteroatoms. The van der Waals surface area contributed by atoms with Gasteiger partial charge in [-0.1, -0.05) is 18.2 Å². The van der Waals surface area contributed by atoms with Gasteiger partial charge in [-0.15, -0.1) is 0 Å². The van der Waals surface area contributed by atoms with E-state index in [9.17, 15) is 9.59 Å². The summed E-state index contributed by atoms with van der Waals surface area (Å²) in [7, 11) is 1.59. The van der Waals surface area contributed by atoms with E-state index in [0.717, 1.165) is 29.1 Å². The molecule has 4 aromatic rings. The molecule has 2 amide bonds. The van der Waals surface area contributed by atoms with Gasteiger partial charge >= 0.3 is 0 Å². The molecular formula is C29H27N5O3. The maximum absolute atomic E-state index is 13.3. The van der Waals surface area contributed by atoms with Crippen molar-refractivity contribution in [2.45, 2.75) is 20.3 Å². The Labute approximate surface area is 215 Å². The number of carbonyl (C=O) groups excluding carboxylic acids is 2. The Kier molecular flexibility index (Phi) is 6.55. The van der Waals surface area contributed by atoms with Gasteiger partial charge in [0.2, 0.25) is 5.95 Å². The van der Waals surface area contributed by atoms with Gasteiger partial charge in [0, 0.05) is 34.9 Å². The van der Waals surface area contributed by atoms with E-state index >= 15 is 0 Å². The molecule has 186 valence electrons. The Hall–Kier alpha value is -4.72. The van der Waals surface area contributed by atoms with E-state index in [1.807, 2.05) is 50.2 Å². The lowest BCUT2D eigenvalue weighted by Crippen LogP contribution is -2.28. The molecule has 0 aliphatic carbocycles. The predicted molar refractivity (Wildman–Crippen MR) is 144 cm³/mol. The van der Waals surface area contributed by atoms with Crippen LogP contribution in [0.2, 0.25) is 0 Å². The van der Waals surface area contributed by atoms with Crippen molar-refractivity contribution in [1.29, 1.82) is 0 Å². The fraction of sp³-hybridized carbons (Fsp3) is 0.172. The van der Waals surface area contributed by atoms with Crippen LogP contribution < -0.4 is 20.3 Å². The van der Waals surface area contributed by atoms with Gasteiger partial charge in [-0.3, -0.25) is 9.59 Å². The van der Waals surface area contributed by atoms with Gasteiger partial charge in [-0.2, -0.15) is 0 Å². The quantitative estimate of drug-likeness (QED) is 0.378. The van der Waals surface area contributed by atoms with Crippen LogP contribution in [-0.4, -0.2) is 35.4 Å². The van der Waals surface area contributed by atoms with Crippen LogP contribution in [-0.2, 0) is 6.42 Å². The summed E-state index contributed by atoms with van der Waals surface area (Å²) in [5.74, 6) is 0.761. The first kappa shape index (κ1) is 24.0. The lowest BCUT2D eigenvalue weighted by molar-refractivity contribution is 0.0988. The molecule has 0 radical (unpaired) electrons. The number of benzene rings is 3. The van der Waals surface area contributed by atoms with Crippen LogP contribution >= 0.6 is 0 Å². The second-order valence-corrected chi connectivity index (χ2v) is 8.88. The summed E-state index contributed by atoms with van der Waals surface area (Å²) >= 11 is 0. The van der Waals surface area contributed by atoms with Crippen molar-refractivity contribution in [3.63, 3.8) is 0 Å². The number of aromatic nitrogens is 2. The number of carbonyl (C=O) groups is 2. The molecule has 1 aliphatic heterocycles. The third kappa shape index (κ3) is 5.13. The lowest BCUT2D eigenvalue weighted by Gasteiger charge is -2.19. The number of nitrogens with one attached hydrogen (secondary N) is 2. The highest BCUT2D eigenvalue weighted by molar-refractivity contribution is 6.10. The summed E-state index contributed by atoms with van der Waals surface area (Å²) in [6.45, 7) is 4.38. The number of rotatable bonds is 6. The Balaban J connectivity index is 1.36. The van der Waals surface area contributed by atoms with Crippen molar-refractivity contribution in [2.24, 2.45) is 0 Å². The van der Waals surface area contributed by atoms with Crippen molar-refractivity contribution in [3.05, 3.63) is 101 Å². The Morgan fingerprint density at radius 1 is 0.919 bits per heavy atom. The summed E-state index contributed by atoms with van der Waals surface area (Å²) in [6.07, 6.45) is 0.758. The average molecular weight is 494 g/mol. The molecule has 0 spiro atoms. The van der Waals surface area contributed by atoms with E-state index in [-0.39, 0.29) is 11.8 Å². The molecule has 8 nitrogen and oxygen atoms in total. The van der Waals surface area contributed by atoms with Gasteiger partial charge in [0.05, 0.1) is 18.4 Å². The zero-order valence-electron chi connectivity index (χ0n) is 20.9. The van der Waals surface area contributed by atoms with Crippen LogP contribution in [0.3, 0.4) is 0 Å². The molecule has 0 fully saturated rings. The van der Waals surface area contributed by atoms with Crippen molar-refractivity contribution in [2.75, 3.05) is 29.2 Å². The molecule has 0 atom stereocenters. The molecule has 0 saturated heterocycles. The molecule has 0 bridgehead atoms. The van der Waals surface area contributed by atoms with Crippen LogP contribution in [0, 0.1) is 13.8 Å². The number of hydrogen-bond donors (Lipinski definition) is 2. The maximum atomic E-state index is 13.3. The van der Waals surface area contributed by atoms with Crippen molar-refractivity contribution in [3.8, 4) is 5.75 Å². The van der Waals surface area contributed by atoms with Crippen LogP contribution in [0.1, 0.15) is 37.7 Å². The van der Waals surface area contributed by atoms with Crippen LogP contribution in [0.25, 0.3) is 0 Å². The van der Waals surface area contributed by atoms with Gasteiger partial charge in [-0.05, 0) is 80.4 Å². The van der Waals surface area contributed by atoms with Gasteiger partial charge in [0.25, 0.3) is 11.8 Å². The fourth-order valence-corrected chi connectivity index (χ4v) is 4.45. The predicted octanol–water partition coefficient (Wildman–Crippen LogP) is 5.30. The number of aryl methyl sites for hydroxylation is 2. The average Bonchev–Trinajstić information content (AvgIpc) is 3.31. The normalized spacial score (nSPS) is 12.1. The minimum atomic E-state index is -0.279. The molecule has 2 N–H and O–H groups in total. The van der Waals surface area contributed by atoms with E-state index in [1.165, 1.54) is 0 Å². The Morgan fingerprint density at radius 2 is 1.65 bits per heavy atom. The van der Waals surface area contributed by atoms with Crippen LogP contribution in [0.5, 0.6) is 5.75 Å². The summed E-state index contributed by atoms with van der Waals surface area (Å²) < 4.78 is 5.20. The first-order valence-electron chi connectivity index (χ1n) is 12.0. The van der Waals surface area contributed by atoms with E-state index in [4.69, 9.17) is 4.74 Å². The van der Waals surface area contributed by atoms with Crippen molar-refractivity contribution < 1.29 is 14.3 Å². The Morgan fingerprint density at radius 3 is 2.38 bits per heavy atom. The molecule has 0 saturated carbocycles. The van der Waals surface area contributed by atoms with E-state index in [1.54, 1.807) is 48.4 Å². The molecule has 0 unspecified atom stereocenters. The summed E-state index contributed by atoms with van der Waals surface area (Å²) in [5.41, 5.74) is 5.78. The number of methoxy groups -OCH3 is 1. The van der Waals surface area contributed by atoms with Crippen molar-refractivity contribution in [1.82, 2.24) is 9.97 Å². The maximum Gasteiger partial charge on any atom is 0.258 e. The van der Waals surface area contributed by atoms with E-state index in [2.05, 4.69) is 20.6 Å². The van der Waals surface area contributed by atoms with Gasteiger partial charge < -0.3 is 20.3 Å². The Bertz CT molecular complexity index is 1460. The lowest BCUT2D eigenvalue weighted by atomic mass is 10.1. The molecule has 5 rings (SSSR count). The minimum Gasteiger partial charge on any atom is -0.497 e. The molecule has 1 aromatic heterocycles. The largest absolute Gasteiger partial charge is 0.497 e. The van der Waals surface area contributed by atoms with Gasteiger partial charge in [-0.25, -0.2) is 9.97 Å². The highest BCUT2D eigenvalue weighted by Crippen LogP contribution is 2.33. The summed E-state index contributed by atoms with van der Waals surface area (Å²) in [5, 5.41) is 6.14. The summed E-state index contributed by atoms with van der Waals surface area (Å²) in [6, 6.07) is 21.8. The molecular weight excluding hydrogens is 466 g/mol. The number of anilines is 4. The molecule has 3 aromatic carbocycles. The van der Waals surface area contributed by atoms with Gasteiger partial charge in [0.15, 0.2) is 0 Å².